The van der Waals surface area contributed by atoms with Crippen molar-refractivity contribution in [3.8, 4) is 0 Å². The van der Waals surface area contributed by atoms with Crippen molar-refractivity contribution in [1.29, 1.82) is 0 Å². The lowest BCUT2D eigenvalue weighted by atomic mass is 9.98. The highest BCUT2D eigenvalue weighted by molar-refractivity contribution is 5.71. The summed E-state index contributed by atoms with van der Waals surface area (Å²) in [5.74, 6) is 0. The Morgan fingerprint density at radius 3 is 2.50 bits per heavy atom. The van der Waals surface area contributed by atoms with Crippen LogP contribution in [0.15, 0.2) is 11.6 Å². The van der Waals surface area contributed by atoms with Crippen LogP contribution in [0.4, 0.5) is 0 Å². The molecule has 0 aliphatic carbocycles. The maximum atomic E-state index is 10.3. The van der Waals surface area contributed by atoms with Gasteiger partial charge >= 0.3 is 0 Å². The van der Waals surface area contributed by atoms with E-state index in [-0.39, 0.29) is 5.60 Å². The zero-order chi connectivity index (χ0) is 9.61. The Morgan fingerprint density at radius 1 is 1.58 bits per heavy atom. The van der Waals surface area contributed by atoms with Crippen LogP contribution in [0.2, 0.25) is 0 Å². The lowest BCUT2D eigenvalue weighted by Gasteiger charge is -2.24. The first-order valence-corrected chi connectivity index (χ1v) is 4.25. The Balaban J connectivity index is 4.13. The van der Waals surface area contributed by atoms with Crippen LogP contribution in [0, 0.1) is 0 Å². The Labute approximate surface area is 74.6 Å². The van der Waals surface area contributed by atoms with E-state index in [0.717, 1.165) is 24.7 Å². The van der Waals surface area contributed by atoms with Crippen LogP contribution in [-0.2, 0) is 9.53 Å². The van der Waals surface area contributed by atoms with Crippen LogP contribution in [0.1, 0.15) is 33.6 Å². The van der Waals surface area contributed by atoms with Gasteiger partial charge in [-0.15, -0.1) is 0 Å². The van der Waals surface area contributed by atoms with Crippen molar-refractivity contribution in [2.24, 2.45) is 0 Å². The molecule has 0 heterocycles. The summed E-state index contributed by atoms with van der Waals surface area (Å²) in [5.41, 5.74) is 0.649. The first-order valence-electron chi connectivity index (χ1n) is 4.25. The largest absolute Gasteiger partial charge is 0.378 e. The van der Waals surface area contributed by atoms with E-state index >= 15 is 0 Å². The molecular formula is C10H18O2. The molecule has 0 aromatic carbocycles. The molecule has 70 valence electrons. The zero-order valence-corrected chi connectivity index (χ0v) is 8.39. The minimum absolute atomic E-state index is 0.121. The van der Waals surface area contributed by atoms with Gasteiger partial charge < -0.3 is 4.74 Å². The summed E-state index contributed by atoms with van der Waals surface area (Å²) in [6.45, 7) is 5.92. The van der Waals surface area contributed by atoms with Crippen molar-refractivity contribution >= 4 is 6.29 Å². The monoisotopic (exact) mass is 170 g/mol. The van der Waals surface area contributed by atoms with E-state index in [1.54, 1.807) is 14.0 Å². The van der Waals surface area contributed by atoms with Crippen LogP contribution < -0.4 is 0 Å². The van der Waals surface area contributed by atoms with Gasteiger partial charge in [-0.1, -0.05) is 13.0 Å². The van der Waals surface area contributed by atoms with Crippen LogP contribution in [0.3, 0.4) is 0 Å². The minimum Gasteiger partial charge on any atom is -0.378 e. The van der Waals surface area contributed by atoms with Gasteiger partial charge in [0, 0.05) is 7.11 Å². The summed E-state index contributed by atoms with van der Waals surface area (Å²) >= 11 is 0. The van der Waals surface area contributed by atoms with Crippen LogP contribution >= 0.6 is 0 Å². The Kier molecular flexibility index (Phi) is 4.83. The quantitative estimate of drug-likeness (QED) is 0.467. The highest BCUT2D eigenvalue weighted by Gasteiger charge is 2.18. The van der Waals surface area contributed by atoms with Gasteiger partial charge in [-0.25, -0.2) is 0 Å². The van der Waals surface area contributed by atoms with Gasteiger partial charge in [0.05, 0.1) is 5.60 Å². The number of methoxy groups -OCH3 is 1. The summed E-state index contributed by atoms with van der Waals surface area (Å²) in [6.07, 6.45) is 4.53. The van der Waals surface area contributed by atoms with E-state index in [4.69, 9.17) is 4.74 Å². The summed E-state index contributed by atoms with van der Waals surface area (Å²) in [4.78, 5) is 10.3. The predicted molar refractivity (Wildman–Crippen MR) is 50.1 cm³/mol. The lowest BCUT2D eigenvalue weighted by Crippen LogP contribution is -2.25. The smallest absolute Gasteiger partial charge is 0.145 e. The molecule has 0 rings (SSSR count). The standard InChI is InChI=1S/C10H18O2/c1-5-10(3,12-4)7-6-9(2)8-11/h6,8H,5,7H2,1-4H3/b9-6+. The highest BCUT2D eigenvalue weighted by Crippen LogP contribution is 2.19. The van der Waals surface area contributed by atoms with Crippen molar-refractivity contribution in [1.82, 2.24) is 0 Å². The van der Waals surface area contributed by atoms with Gasteiger partial charge in [-0.05, 0) is 32.3 Å². The van der Waals surface area contributed by atoms with Gasteiger partial charge in [0.25, 0.3) is 0 Å². The molecule has 0 N–H and O–H groups in total. The van der Waals surface area contributed by atoms with Crippen molar-refractivity contribution < 1.29 is 9.53 Å². The normalized spacial score (nSPS) is 17.2. The van der Waals surface area contributed by atoms with Crippen molar-refractivity contribution in [3.05, 3.63) is 11.6 Å². The number of ether oxygens (including phenoxy) is 1. The topological polar surface area (TPSA) is 26.3 Å². The molecule has 0 spiro atoms. The first kappa shape index (κ1) is 11.4. The summed E-state index contributed by atoms with van der Waals surface area (Å²) in [7, 11) is 1.70. The second kappa shape index (κ2) is 5.09. The molecule has 1 atom stereocenters. The third kappa shape index (κ3) is 3.67. The number of carbonyl (C=O) groups is 1. The summed E-state index contributed by atoms with van der Waals surface area (Å²) in [5, 5.41) is 0. The van der Waals surface area contributed by atoms with E-state index in [1.807, 2.05) is 13.0 Å². The van der Waals surface area contributed by atoms with Gasteiger partial charge in [0.15, 0.2) is 0 Å². The number of hydrogen-bond donors (Lipinski definition) is 0. The molecule has 2 nitrogen and oxygen atoms in total. The van der Waals surface area contributed by atoms with E-state index < -0.39 is 0 Å². The molecule has 0 radical (unpaired) electrons. The molecule has 0 aliphatic heterocycles. The number of carbonyl (C=O) groups excluding carboxylic acids is 1. The molecule has 0 bridgehead atoms. The van der Waals surface area contributed by atoms with Gasteiger partial charge in [-0.2, -0.15) is 0 Å². The van der Waals surface area contributed by atoms with Crippen molar-refractivity contribution in [2.75, 3.05) is 7.11 Å². The third-order valence-electron chi connectivity index (χ3n) is 2.28. The molecule has 0 aliphatic rings. The van der Waals surface area contributed by atoms with Gasteiger partial charge in [0.1, 0.15) is 6.29 Å². The van der Waals surface area contributed by atoms with Crippen LogP contribution in [0.25, 0.3) is 0 Å². The minimum atomic E-state index is -0.121. The second-order valence-electron chi connectivity index (χ2n) is 3.28. The molecule has 0 aromatic heterocycles. The maximum absolute atomic E-state index is 10.3. The van der Waals surface area contributed by atoms with Crippen LogP contribution in [0.5, 0.6) is 0 Å². The number of rotatable bonds is 5. The fourth-order valence-corrected chi connectivity index (χ4v) is 0.797. The zero-order valence-electron chi connectivity index (χ0n) is 8.39. The molecule has 0 saturated carbocycles. The average Bonchev–Trinajstić information content (AvgIpc) is 2.13. The average molecular weight is 170 g/mol. The molecule has 0 saturated heterocycles. The Morgan fingerprint density at radius 2 is 2.17 bits per heavy atom. The molecule has 1 unspecified atom stereocenters. The number of allylic oxidation sites excluding steroid dienone is 1. The molecule has 0 aromatic rings. The fraction of sp³-hybridized carbons (Fsp3) is 0.700. The van der Waals surface area contributed by atoms with E-state index in [9.17, 15) is 4.79 Å². The van der Waals surface area contributed by atoms with Crippen molar-refractivity contribution in [2.45, 2.75) is 39.2 Å². The van der Waals surface area contributed by atoms with Gasteiger partial charge in [0.2, 0.25) is 0 Å². The Hall–Kier alpha value is -0.630. The van der Waals surface area contributed by atoms with E-state index in [2.05, 4.69) is 6.92 Å². The van der Waals surface area contributed by atoms with E-state index in [0.29, 0.717) is 0 Å². The highest BCUT2D eigenvalue weighted by atomic mass is 16.5. The Bertz CT molecular complexity index is 167. The second-order valence-corrected chi connectivity index (χ2v) is 3.28. The number of aldehydes is 1. The van der Waals surface area contributed by atoms with Gasteiger partial charge in [-0.3, -0.25) is 4.79 Å². The molecular weight excluding hydrogens is 152 g/mol. The molecule has 12 heavy (non-hydrogen) atoms. The van der Waals surface area contributed by atoms with E-state index in [1.165, 1.54) is 0 Å². The summed E-state index contributed by atoms with van der Waals surface area (Å²) in [6, 6.07) is 0. The summed E-state index contributed by atoms with van der Waals surface area (Å²) < 4.78 is 5.32. The lowest BCUT2D eigenvalue weighted by molar-refractivity contribution is -0.104. The fourth-order valence-electron chi connectivity index (χ4n) is 0.797. The molecule has 2 heteroatoms. The SMILES string of the molecule is CCC(C)(C/C=C(\C)C=O)OC. The first-order chi connectivity index (χ1) is 5.58. The number of hydrogen-bond acceptors (Lipinski definition) is 2. The predicted octanol–water partition coefficient (Wildman–Crippen LogP) is 2.34. The maximum Gasteiger partial charge on any atom is 0.145 e. The molecule has 0 fully saturated rings. The van der Waals surface area contributed by atoms with Crippen LogP contribution in [-0.4, -0.2) is 19.0 Å². The van der Waals surface area contributed by atoms with Crippen molar-refractivity contribution in [3.63, 3.8) is 0 Å². The molecule has 0 amide bonds. The third-order valence-corrected chi connectivity index (χ3v) is 2.28.